The smallest absolute Gasteiger partial charge is 0.217 e. The van der Waals surface area contributed by atoms with Crippen LogP contribution in [0, 0.1) is 0 Å². The number of nitrogens with zero attached hydrogens (tertiary/aromatic N) is 1. The number of carbonyl (C=O) groups excluding carboxylic acids is 2. The van der Waals surface area contributed by atoms with Gasteiger partial charge in [-0.15, -0.1) is 0 Å². The van der Waals surface area contributed by atoms with E-state index in [-0.39, 0.29) is 11.9 Å². The largest absolute Gasteiger partial charge is 0.352 e. The number of carbonyl (C=O) groups is 2. The zero-order valence-electron chi connectivity index (χ0n) is 6.54. The fourth-order valence-corrected chi connectivity index (χ4v) is 1.29. The number of likely N-dealkylation sites (tertiary alicyclic amines) is 1. The summed E-state index contributed by atoms with van der Waals surface area (Å²) < 4.78 is 0. The molecule has 4 heteroatoms. The first-order valence-electron chi connectivity index (χ1n) is 3.69. The maximum absolute atomic E-state index is 10.6. The topological polar surface area (TPSA) is 49.4 Å². The van der Waals surface area contributed by atoms with E-state index in [0.717, 1.165) is 19.4 Å². The van der Waals surface area contributed by atoms with Crippen LogP contribution in [-0.2, 0) is 9.59 Å². The molecule has 0 aromatic rings. The first-order valence-corrected chi connectivity index (χ1v) is 3.69. The molecule has 1 fully saturated rings. The molecule has 0 aromatic heterocycles. The van der Waals surface area contributed by atoms with E-state index in [4.69, 9.17) is 0 Å². The molecule has 0 aromatic carbocycles. The molecule has 1 atom stereocenters. The van der Waals surface area contributed by atoms with Gasteiger partial charge in [0.1, 0.15) is 0 Å². The molecule has 1 rings (SSSR count). The normalized spacial score (nSPS) is 23.4. The van der Waals surface area contributed by atoms with Crippen molar-refractivity contribution in [2.75, 3.05) is 13.1 Å². The molecule has 0 bridgehead atoms. The number of hydrogen-bond acceptors (Lipinski definition) is 2. The molecule has 11 heavy (non-hydrogen) atoms. The van der Waals surface area contributed by atoms with Gasteiger partial charge in [0.05, 0.1) is 0 Å². The average Bonchev–Trinajstić information content (AvgIpc) is 2.34. The molecule has 4 nitrogen and oxygen atoms in total. The van der Waals surface area contributed by atoms with E-state index in [1.54, 1.807) is 4.90 Å². The first kappa shape index (κ1) is 8.04. The minimum atomic E-state index is -0.0252. The van der Waals surface area contributed by atoms with Crippen molar-refractivity contribution in [2.24, 2.45) is 0 Å². The third-order valence-electron chi connectivity index (χ3n) is 1.78. The van der Waals surface area contributed by atoms with E-state index in [2.05, 4.69) is 5.32 Å². The second-order valence-corrected chi connectivity index (χ2v) is 2.79. The molecule has 0 radical (unpaired) electrons. The lowest BCUT2D eigenvalue weighted by molar-refractivity contribution is -0.120. The Labute approximate surface area is 65.6 Å². The van der Waals surface area contributed by atoms with E-state index < -0.39 is 0 Å². The van der Waals surface area contributed by atoms with Gasteiger partial charge in [-0.2, -0.15) is 0 Å². The maximum atomic E-state index is 10.6. The standard InChI is InChI=1S/C7H12N2O2/c1-6(11)8-7-2-3-9(4-7)5-10/h5,7H,2-4H2,1H3,(H,8,11)/t7-/m0/s1. The fraction of sp³-hybridized carbons (Fsp3) is 0.714. The van der Waals surface area contributed by atoms with Crippen LogP contribution < -0.4 is 5.32 Å². The van der Waals surface area contributed by atoms with Crippen LogP contribution in [0.1, 0.15) is 13.3 Å². The minimum absolute atomic E-state index is 0.0252. The average molecular weight is 156 g/mol. The molecular weight excluding hydrogens is 144 g/mol. The van der Waals surface area contributed by atoms with Crippen LogP contribution in [0.3, 0.4) is 0 Å². The van der Waals surface area contributed by atoms with Crippen LogP contribution in [0.4, 0.5) is 0 Å². The van der Waals surface area contributed by atoms with Crippen molar-refractivity contribution in [3.63, 3.8) is 0 Å². The second kappa shape index (κ2) is 3.37. The van der Waals surface area contributed by atoms with Gasteiger partial charge in [0.15, 0.2) is 0 Å². The van der Waals surface area contributed by atoms with Crippen molar-refractivity contribution in [1.82, 2.24) is 10.2 Å². The predicted octanol–water partition coefficient (Wildman–Crippen LogP) is -0.647. The third kappa shape index (κ3) is 2.22. The highest BCUT2D eigenvalue weighted by Crippen LogP contribution is 2.05. The van der Waals surface area contributed by atoms with Gasteiger partial charge in [-0.3, -0.25) is 9.59 Å². The monoisotopic (exact) mass is 156 g/mol. The van der Waals surface area contributed by atoms with Gasteiger partial charge < -0.3 is 10.2 Å². The summed E-state index contributed by atoms with van der Waals surface area (Å²) in [5.74, 6) is -0.0252. The number of rotatable bonds is 2. The Morgan fingerprint density at radius 3 is 2.91 bits per heavy atom. The van der Waals surface area contributed by atoms with Gasteiger partial charge in [-0.05, 0) is 6.42 Å². The van der Waals surface area contributed by atoms with Crippen molar-refractivity contribution in [3.05, 3.63) is 0 Å². The lowest BCUT2D eigenvalue weighted by Crippen LogP contribution is -2.35. The fourth-order valence-electron chi connectivity index (χ4n) is 1.29. The van der Waals surface area contributed by atoms with E-state index in [1.165, 1.54) is 6.92 Å². The van der Waals surface area contributed by atoms with Gasteiger partial charge in [0.2, 0.25) is 12.3 Å². The van der Waals surface area contributed by atoms with Gasteiger partial charge in [0.25, 0.3) is 0 Å². The zero-order valence-corrected chi connectivity index (χ0v) is 6.54. The Morgan fingerprint density at radius 1 is 1.73 bits per heavy atom. The van der Waals surface area contributed by atoms with E-state index in [9.17, 15) is 9.59 Å². The molecule has 1 heterocycles. The van der Waals surface area contributed by atoms with Gasteiger partial charge in [-0.1, -0.05) is 0 Å². The molecule has 62 valence electrons. The van der Waals surface area contributed by atoms with Crippen molar-refractivity contribution < 1.29 is 9.59 Å². The Bertz CT molecular complexity index is 170. The van der Waals surface area contributed by atoms with Gasteiger partial charge in [0, 0.05) is 26.1 Å². The van der Waals surface area contributed by atoms with E-state index in [1.807, 2.05) is 0 Å². The predicted molar refractivity (Wildman–Crippen MR) is 39.9 cm³/mol. The summed E-state index contributed by atoms with van der Waals surface area (Å²) in [5.41, 5.74) is 0. The SMILES string of the molecule is CC(=O)N[C@H]1CCN(C=O)C1. The van der Waals surface area contributed by atoms with Crippen molar-refractivity contribution in [3.8, 4) is 0 Å². The van der Waals surface area contributed by atoms with Crippen LogP contribution >= 0.6 is 0 Å². The van der Waals surface area contributed by atoms with Crippen LogP contribution in [0.2, 0.25) is 0 Å². The zero-order chi connectivity index (χ0) is 8.27. The Balaban J connectivity index is 2.29. The molecular formula is C7H12N2O2. The van der Waals surface area contributed by atoms with Crippen LogP contribution in [0.15, 0.2) is 0 Å². The summed E-state index contributed by atoms with van der Waals surface area (Å²) >= 11 is 0. The summed E-state index contributed by atoms with van der Waals surface area (Å²) in [7, 11) is 0. The molecule has 0 aliphatic carbocycles. The summed E-state index contributed by atoms with van der Waals surface area (Å²) in [5, 5.41) is 2.77. The molecule has 0 spiro atoms. The quantitative estimate of drug-likeness (QED) is 0.540. The highest BCUT2D eigenvalue weighted by atomic mass is 16.1. The lowest BCUT2D eigenvalue weighted by atomic mass is 10.3. The molecule has 2 amide bonds. The Kier molecular flexibility index (Phi) is 2.46. The van der Waals surface area contributed by atoms with Gasteiger partial charge >= 0.3 is 0 Å². The summed E-state index contributed by atoms with van der Waals surface area (Å²) in [6, 6.07) is 0.165. The van der Waals surface area contributed by atoms with Crippen molar-refractivity contribution in [2.45, 2.75) is 19.4 Å². The molecule has 1 N–H and O–H groups in total. The molecule has 1 aliphatic rings. The van der Waals surface area contributed by atoms with Crippen molar-refractivity contribution >= 4 is 12.3 Å². The molecule has 0 unspecified atom stereocenters. The van der Waals surface area contributed by atoms with E-state index in [0.29, 0.717) is 6.54 Å². The first-order chi connectivity index (χ1) is 5.22. The number of nitrogens with one attached hydrogen (secondary N) is 1. The summed E-state index contributed by atoms with van der Waals surface area (Å²) in [4.78, 5) is 22.5. The highest BCUT2D eigenvalue weighted by Gasteiger charge is 2.20. The summed E-state index contributed by atoms with van der Waals surface area (Å²) in [6.07, 6.45) is 1.69. The van der Waals surface area contributed by atoms with Gasteiger partial charge in [-0.25, -0.2) is 0 Å². The summed E-state index contributed by atoms with van der Waals surface area (Å²) in [6.45, 7) is 2.90. The second-order valence-electron chi connectivity index (χ2n) is 2.79. The Morgan fingerprint density at radius 2 is 2.45 bits per heavy atom. The number of amides is 2. The van der Waals surface area contributed by atoms with Crippen LogP contribution in [0.5, 0.6) is 0 Å². The number of hydrogen-bond donors (Lipinski definition) is 1. The molecule has 1 saturated heterocycles. The van der Waals surface area contributed by atoms with E-state index >= 15 is 0 Å². The highest BCUT2D eigenvalue weighted by molar-refractivity contribution is 5.73. The Hall–Kier alpha value is -1.06. The molecule has 1 aliphatic heterocycles. The minimum Gasteiger partial charge on any atom is -0.352 e. The van der Waals surface area contributed by atoms with Crippen molar-refractivity contribution in [1.29, 1.82) is 0 Å². The van der Waals surface area contributed by atoms with Crippen LogP contribution in [-0.4, -0.2) is 36.3 Å². The maximum Gasteiger partial charge on any atom is 0.217 e. The molecule has 0 saturated carbocycles. The van der Waals surface area contributed by atoms with Crippen LogP contribution in [0.25, 0.3) is 0 Å². The third-order valence-corrected chi connectivity index (χ3v) is 1.78. The lowest BCUT2D eigenvalue weighted by Gasteiger charge is -2.10.